The van der Waals surface area contributed by atoms with E-state index in [1.54, 1.807) is 12.4 Å². The third-order valence-corrected chi connectivity index (χ3v) is 6.98. The Hall–Kier alpha value is -2.69. The molecule has 1 saturated heterocycles. The topological polar surface area (TPSA) is 76.3 Å². The number of likely N-dealkylation sites (tertiary alicyclic amines) is 1. The molecule has 1 aromatic carbocycles. The smallest absolute Gasteiger partial charge is 0.225 e. The van der Waals surface area contributed by atoms with E-state index in [0.29, 0.717) is 38.3 Å². The summed E-state index contributed by atoms with van der Waals surface area (Å²) < 4.78 is 0. The Morgan fingerprint density at radius 3 is 2.37 bits per heavy atom. The maximum Gasteiger partial charge on any atom is 0.225 e. The van der Waals surface area contributed by atoms with Crippen LogP contribution in [0.3, 0.4) is 0 Å². The Balaban J connectivity index is 1.39. The fourth-order valence-corrected chi connectivity index (χ4v) is 5.05. The molecule has 5 heteroatoms. The van der Waals surface area contributed by atoms with Crippen LogP contribution in [0.4, 0.5) is 0 Å². The van der Waals surface area contributed by atoms with Crippen LogP contribution in [0.2, 0.25) is 0 Å². The summed E-state index contributed by atoms with van der Waals surface area (Å²) in [4.78, 5) is 31.1. The van der Waals surface area contributed by atoms with Gasteiger partial charge < -0.3 is 10.6 Å². The molecule has 0 unspecified atom stereocenters. The number of nitrogens with two attached hydrogens (primary N) is 1. The molecule has 30 heavy (non-hydrogen) atoms. The molecule has 0 spiro atoms. The van der Waals surface area contributed by atoms with E-state index in [9.17, 15) is 9.59 Å². The SMILES string of the molecule is NC(=O)[C@@]1(Cc2ccc(-c3ccncc3)cc2)CCN(C(=O)CCC2CCCC2)C1. The minimum atomic E-state index is -0.665. The van der Waals surface area contributed by atoms with Crippen LogP contribution < -0.4 is 5.73 Å². The Morgan fingerprint density at radius 1 is 1.03 bits per heavy atom. The van der Waals surface area contributed by atoms with E-state index in [1.807, 2.05) is 17.0 Å². The van der Waals surface area contributed by atoms with Crippen molar-refractivity contribution in [1.82, 2.24) is 9.88 Å². The van der Waals surface area contributed by atoms with Crippen molar-refractivity contribution in [2.45, 2.75) is 51.4 Å². The van der Waals surface area contributed by atoms with Crippen molar-refractivity contribution in [1.29, 1.82) is 0 Å². The molecule has 158 valence electrons. The molecule has 2 aliphatic rings. The molecule has 0 bridgehead atoms. The summed E-state index contributed by atoms with van der Waals surface area (Å²) in [5, 5.41) is 0. The lowest BCUT2D eigenvalue weighted by atomic mass is 9.80. The third kappa shape index (κ3) is 4.55. The lowest BCUT2D eigenvalue weighted by Gasteiger charge is -2.26. The third-order valence-electron chi connectivity index (χ3n) is 6.98. The first kappa shape index (κ1) is 20.6. The van der Waals surface area contributed by atoms with Gasteiger partial charge in [0.05, 0.1) is 5.41 Å². The number of nitrogens with zero attached hydrogens (tertiary/aromatic N) is 2. The zero-order chi connectivity index (χ0) is 21.0. The first-order valence-electron chi connectivity index (χ1n) is 11.1. The van der Waals surface area contributed by atoms with E-state index in [2.05, 4.69) is 29.2 Å². The molecule has 0 radical (unpaired) electrons. The van der Waals surface area contributed by atoms with Gasteiger partial charge in [0.2, 0.25) is 11.8 Å². The number of hydrogen-bond donors (Lipinski definition) is 1. The van der Waals surface area contributed by atoms with Gasteiger partial charge in [0, 0.05) is 31.9 Å². The minimum Gasteiger partial charge on any atom is -0.369 e. The van der Waals surface area contributed by atoms with Crippen molar-refractivity contribution >= 4 is 11.8 Å². The number of pyridine rings is 1. The molecule has 2 fully saturated rings. The lowest BCUT2D eigenvalue weighted by molar-refractivity contribution is -0.132. The van der Waals surface area contributed by atoms with Crippen molar-refractivity contribution in [2.24, 2.45) is 17.1 Å². The molecular weight excluding hydrogens is 374 g/mol. The van der Waals surface area contributed by atoms with Gasteiger partial charge in [0.1, 0.15) is 0 Å². The fourth-order valence-electron chi connectivity index (χ4n) is 5.05. The van der Waals surface area contributed by atoms with Crippen LogP contribution in [-0.4, -0.2) is 34.8 Å². The predicted molar refractivity (Wildman–Crippen MR) is 117 cm³/mol. The standard InChI is InChI=1S/C25H31N3O2/c26-24(30)25(13-16-28(18-25)23(29)10-7-19-3-1-2-4-19)17-20-5-8-21(9-6-20)22-11-14-27-15-12-22/h5-6,8-9,11-12,14-15,19H,1-4,7,10,13,16-18H2,(H2,26,30)/t25-/m1/s1. The normalized spacial score (nSPS) is 21.8. The Bertz CT molecular complexity index is 875. The highest BCUT2D eigenvalue weighted by Gasteiger charge is 2.44. The number of carbonyl (C=O) groups is 2. The maximum atomic E-state index is 12.7. The van der Waals surface area contributed by atoms with Gasteiger partial charge in [0.15, 0.2) is 0 Å². The number of benzene rings is 1. The molecule has 5 nitrogen and oxygen atoms in total. The van der Waals surface area contributed by atoms with Crippen LogP contribution in [0.15, 0.2) is 48.8 Å². The quantitative estimate of drug-likeness (QED) is 0.757. The maximum absolute atomic E-state index is 12.7. The predicted octanol–water partition coefficient (Wildman–Crippen LogP) is 3.97. The van der Waals surface area contributed by atoms with Crippen LogP contribution in [0, 0.1) is 11.3 Å². The highest BCUT2D eigenvalue weighted by Crippen LogP contribution is 2.36. The zero-order valence-electron chi connectivity index (χ0n) is 17.6. The molecule has 1 aliphatic heterocycles. The molecule has 2 heterocycles. The van der Waals surface area contributed by atoms with Gasteiger partial charge in [-0.05, 0) is 54.0 Å². The molecule has 2 aromatic rings. The summed E-state index contributed by atoms with van der Waals surface area (Å²) in [6.45, 7) is 1.07. The number of carbonyl (C=O) groups excluding carboxylic acids is 2. The summed E-state index contributed by atoms with van der Waals surface area (Å²) >= 11 is 0. The number of primary amides is 1. The largest absolute Gasteiger partial charge is 0.369 e. The van der Waals surface area contributed by atoms with Crippen LogP contribution >= 0.6 is 0 Å². The van der Waals surface area contributed by atoms with Crippen molar-refractivity contribution in [2.75, 3.05) is 13.1 Å². The van der Waals surface area contributed by atoms with Gasteiger partial charge in [-0.2, -0.15) is 0 Å². The minimum absolute atomic E-state index is 0.179. The van der Waals surface area contributed by atoms with E-state index in [1.165, 1.54) is 25.7 Å². The summed E-state index contributed by atoms with van der Waals surface area (Å²) in [6.07, 6.45) is 11.5. The zero-order valence-corrected chi connectivity index (χ0v) is 17.6. The van der Waals surface area contributed by atoms with Gasteiger partial charge in [0.25, 0.3) is 0 Å². The molecule has 2 amide bonds. The molecule has 1 aromatic heterocycles. The van der Waals surface area contributed by atoms with E-state index < -0.39 is 5.41 Å². The van der Waals surface area contributed by atoms with E-state index in [4.69, 9.17) is 5.73 Å². The van der Waals surface area contributed by atoms with Gasteiger partial charge >= 0.3 is 0 Å². The lowest BCUT2D eigenvalue weighted by Crippen LogP contribution is -2.42. The Labute approximate surface area is 178 Å². The number of amides is 2. The average Bonchev–Trinajstić information content (AvgIpc) is 3.44. The molecule has 2 N–H and O–H groups in total. The molecule has 1 saturated carbocycles. The van der Waals surface area contributed by atoms with Gasteiger partial charge in [-0.15, -0.1) is 0 Å². The summed E-state index contributed by atoms with van der Waals surface area (Å²) in [7, 11) is 0. The highest BCUT2D eigenvalue weighted by atomic mass is 16.2. The van der Waals surface area contributed by atoms with Gasteiger partial charge in [-0.25, -0.2) is 0 Å². The molecular formula is C25H31N3O2. The molecule has 4 rings (SSSR count). The van der Waals surface area contributed by atoms with E-state index in [-0.39, 0.29) is 11.8 Å². The van der Waals surface area contributed by atoms with Crippen LogP contribution in [0.25, 0.3) is 11.1 Å². The molecule has 1 aliphatic carbocycles. The van der Waals surface area contributed by atoms with Crippen LogP contribution in [0.5, 0.6) is 0 Å². The average molecular weight is 406 g/mol. The number of aromatic nitrogens is 1. The first-order chi connectivity index (χ1) is 14.6. The van der Waals surface area contributed by atoms with Crippen molar-refractivity contribution in [3.05, 3.63) is 54.4 Å². The Kier molecular flexibility index (Phi) is 6.16. The van der Waals surface area contributed by atoms with E-state index in [0.717, 1.165) is 23.1 Å². The monoisotopic (exact) mass is 405 g/mol. The number of hydrogen-bond acceptors (Lipinski definition) is 3. The highest BCUT2D eigenvalue weighted by molar-refractivity contribution is 5.84. The second-order valence-corrected chi connectivity index (χ2v) is 9.01. The Morgan fingerprint density at radius 2 is 1.70 bits per heavy atom. The van der Waals surface area contributed by atoms with Crippen molar-refractivity contribution < 1.29 is 9.59 Å². The summed E-state index contributed by atoms with van der Waals surface area (Å²) in [6, 6.07) is 12.2. The fraction of sp³-hybridized carbons (Fsp3) is 0.480. The second kappa shape index (κ2) is 8.99. The van der Waals surface area contributed by atoms with Crippen molar-refractivity contribution in [3.63, 3.8) is 0 Å². The van der Waals surface area contributed by atoms with Crippen LogP contribution in [0.1, 0.15) is 50.5 Å². The summed E-state index contributed by atoms with van der Waals surface area (Å²) in [5.41, 5.74) is 8.49. The number of rotatable bonds is 7. The summed E-state index contributed by atoms with van der Waals surface area (Å²) in [5.74, 6) is 0.584. The van der Waals surface area contributed by atoms with Crippen molar-refractivity contribution in [3.8, 4) is 11.1 Å². The van der Waals surface area contributed by atoms with Gasteiger partial charge in [-0.1, -0.05) is 49.9 Å². The first-order valence-corrected chi connectivity index (χ1v) is 11.1. The van der Waals surface area contributed by atoms with Gasteiger partial charge in [-0.3, -0.25) is 14.6 Å². The van der Waals surface area contributed by atoms with E-state index >= 15 is 0 Å². The van der Waals surface area contributed by atoms with Crippen LogP contribution in [-0.2, 0) is 16.0 Å². The second-order valence-electron chi connectivity index (χ2n) is 9.01. The molecule has 1 atom stereocenters.